The molecule has 0 saturated heterocycles. The first-order valence-electron chi connectivity index (χ1n) is 7.64. The van der Waals surface area contributed by atoms with E-state index in [0.29, 0.717) is 6.04 Å². The lowest BCUT2D eigenvalue weighted by molar-refractivity contribution is 0.362. The van der Waals surface area contributed by atoms with Gasteiger partial charge in [0.25, 0.3) is 0 Å². The van der Waals surface area contributed by atoms with Crippen molar-refractivity contribution in [3.8, 4) is 5.75 Å². The van der Waals surface area contributed by atoms with E-state index in [0.717, 1.165) is 36.6 Å². The zero-order valence-electron chi connectivity index (χ0n) is 12.2. The molecule has 2 aliphatic carbocycles. The van der Waals surface area contributed by atoms with Gasteiger partial charge in [-0.3, -0.25) is 4.68 Å². The molecule has 1 N–H and O–H groups in total. The zero-order chi connectivity index (χ0) is 13.4. The Labute approximate surface area is 115 Å². The predicted molar refractivity (Wildman–Crippen MR) is 75.2 cm³/mol. The minimum atomic E-state index is 0.415. The van der Waals surface area contributed by atoms with Crippen LogP contribution >= 0.6 is 0 Å². The lowest BCUT2D eigenvalue weighted by Crippen LogP contribution is -2.27. The van der Waals surface area contributed by atoms with Crippen LogP contribution in [0.4, 0.5) is 0 Å². The van der Waals surface area contributed by atoms with Gasteiger partial charge in [0.1, 0.15) is 0 Å². The summed E-state index contributed by atoms with van der Waals surface area (Å²) in [4.78, 5) is 0. The maximum absolute atomic E-state index is 5.53. The molecule has 1 aromatic rings. The maximum atomic E-state index is 5.53. The van der Waals surface area contributed by atoms with Crippen molar-refractivity contribution in [2.45, 2.75) is 45.7 Å². The summed E-state index contributed by atoms with van der Waals surface area (Å²) >= 11 is 0. The van der Waals surface area contributed by atoms with E-state index < -0.39 is 0 Å². The molecule has 0 bridgehead atoms. The van der Waals surface area contributed by atoms with Crippen LogP contribution in [-0.2, 0) is 6.54 Å². The number of methoxy groups -OCH3 is 1. The normalized spacial score (nSPS) is 30.2. The van der Waals surface area contributed by atoms with Gasteiger partial charge in [-0.1, -0.05) is 13.3 Å². The van der Waals surface area contributed by atoms with Crippen molar-refractivity contribution < 1.29 is 4.74 Å². The van der Waals surface area contributed by atoms with Crippen LogP contribution in [0.15, 0.2) is 6.20 Å². The number of rotatable bonds is 6. The number of ether oxygens (including phenoxy) is 1. The Kier molecular flexibility index (Phi) is 3.52. The summed E-state index contributed by atoms with van der Waals surface area (Å²) in [6.45, 7) is 6.23. The smallest absolute Gasteiger partial charge is 0.161 e. The van der Waals surface area contributed by atoms with E-state index >= 15 is 0 Å². The van der Waals surface area contributed by atoms with Crippen molar-refractivity contribution in [2.75, 3.05) is 13.7 Å². The Bertz CT molecular complexity index is 411. The monoisotopic (exact) mass is 263 g/mol. The largest absolute Gasteiger partial charge is 0.493 e. The average Bonchev–Trinajstić information content (AvgIpc) is 2.84. The number of aryl methyl sites for hydroxylation is 1. The number of nitrogens with zero attached hydrogens (tertiary/aromatic N) is 2. The zero-order valence-corrected chi connectivity index (χ0v) is 12.2. The van der Waals surface area contributed by atoms with Crippen LogP contribution in [0.3, 0.4) is 0 Å². The van der Waals surface area contributed by atoms with E-state index in [1.165, 1.54) is 25.0 Å². The molecule has 1 heterocycles. The van der Waals surface area contributed by atoms with Crippen molar-refractivity contribution in [1.29, 1.82) is 0 Å². The SMILES string of the molecule is CCNC(c1c(OC)cnn1CC)C1C2CCCC21. The summed E-state index contributed by atoms with van der Waals surface area (Å²) in [7, 11) is 1.75. The third-order valence-corrected chi connectivity index (χ3v) is 4.94. The number of aromatic nitrogens is 2. The van der Waals surface area contributed by atoms with Crippen molar-refractivity contribution in [3.05, 3.63) is 11.9 Å². The van der Waals surface area contributed by atoms with Gasteiger partial charge in [0.05, 0.1) is 25.0 Å². The highest BCUT2D eigenvalue weighted by Gasteiger charge is 2.56. The van der Waals surface area contributed by atoms with Gasteiger partial charge in [0.2, 0.25) is 0 Å². The summed E-state index contributed by atoms with van der Waals surface area (Å²) in [5.74, 6) is 3.62. The van der Waals surface area contributed by atoms with Gasteiger partial charge in [-0.15, -0.1) is 0 Å². The molecule has 0 amide bonds. The van der Waals surface area contributed by atoms with Gasteiger partial charge >= 0.3 is 0 Å². The molecular weight excluding hydrogens is 238 g/mol. The van der Waals surface area contributed by atoms with Crippen molar-refractivity contribution >= 4 is 0 Å². The molecule has 19 heavy (non-hydrogen) atoms. The van der Waals surface area contributed by atoms with Gasteiger partial charge in [0, 0.05) is 6.54 Å². The highest BCUT2D eigenvalue weighted by Crippen LogP contribution is 2.62. The van der Waals surface area contributed by atoms with Crippen molar-refractivity contribution in [3.63, 3.8) is 0 Å². The van der Waals surface area contributed by atoms with Gasteiger partial charge in [0.15, 0.2) is 5.75 Å². The molecular formula is C15H25N3O. The molecule has 3 rings (SSSR count). The molecule has 4 nitrogen and oxygen atoms in total. The third kappa shape index (κ3) is 2.06. The minimum absolute atomic E-state index is 0.415. The molecule has 1 aromatic heterocycles. The van der Waals surface area contributed by atoms with E-state index in [-0.39, 0.29) is 0 Å². The highest BCUT2D eigenvalue weighted by atomic mass is 16.5. The fraction of sp³-hybridized carbons (Fsp3) is 0.800. The Hall–Kier alpha value is -1.03. The Morgan fingerprint density at radius 3 is 2.74 bits per heavy atom. The van der Waals surface area contributed by atoms with Gasteiger partial charge in [-0.25, -0.2) is 0 Å². The minimum Gasteiger partial charge on any atom is -0.493 e. The molecule has 3 atom stereocenters. The van der Waals surface area contributed by atoms with Crippen LogP contribution in [-0.4, -0.2) is 23.4 Å². The first-order chi connectivity index (χ1) is 9.31. The standard InChI is InChI=1S/C15H25N3O/c1-4-16-14(13-10-7-6-8-11(10)13)15-12(19-3)9-17-18(15)5-2/h9-11,13-14,16H,4-8H2,1-3H3. The van der Waals surface area contributed by atoms with Crippen LogP contribution in [0.1, 0.15) is 44.8 Å². The van der Waals surface area contributed by atoms with Crippen LogP contribution < -0.4 is 10.1 Å². The van der Waals surface area contributed by atoms with E-state index in [1.54, 1.807) is 7.11 Å². The number of fused-ring (bicyclic) bond motifs is 1. The average molecular weight is 263 g/mol. The Morgan fingerprint density at radius 2 is 2.16 bits per heavy atom. The molecule has 3 unspecified atom stereocenters. The second-order valence-corrected chi connectivity index (χ2v) is 5.79. The van der Waals surface area contributed by atoms with E-state index in [2.05, 4.69) is 28.9 Å². The molecule has 4 heteroatoms. The number of hydrogen-bond donors (Lipinski definition) is 1. The first kappa shape index (κ1) is 13.0. The fourth-order valence-electron chi connectivity index (χ4n) is 4.11. The van der Waals surface area contributed by atoms with Gasteiger partial charge < -0.3 is 10.1 Å². The van der Waals surface area contributed by atoms with E-state index in [9.17, 15) is 0 Å². The summed E-state index contributed by atoms with van der Waals surface area (Å²) in [6, 6.07) is 0.415. The fourth-order valence-corrected chi connectivity index (χ4v) is 4.11. The maximum Gasteiger partial charge on any atom is 0.161 e. The van der Waals surface area contributed by atoms with Crippen LogP contribution in [0.5, 0.6) is 5.75 Å². The third-order valence-electron chi connectivity index (χ3n) is 4.94. The quantitative estimate of drug-likeness (QED) is 0.857. The van der Waals surface area contributed by atoms with E-state index in [4.69, 9.17) is 4.74 Å². The van der Waals surface area contributed by atoms with Gasteiger partial charge in [-0.2, -0.15) is 5.10 Å². The summed E-state index contributed by atoms with van der Waals surface area (Å²) < 4.78 is 7.63. The number of hydrogen-bond acceptors (Lipinski definition) is 3. The van der Waals surface area contributed by atoms with Crippen LogP contribution in [0.2, 0.25) is 0 Å². The second kappa shape index (κ2) is 5.16. The lowest BCUT2D eigenvalue weighted by Gasteiger charge is -2.22. The molecule has 0 aromatic carbocycles. The van der Waals surface area contributed by atoms with Crippen molar-refractivity contribution in [1.82, 2.24) is 15.1 Å². The van der Waals surface area contributed by atoms with Crippen LogP contribution in [0, 0.1) is 17.8 Å². The molecule has 2 fully saturated rings. The summed E-state index contributed by atoms with van der Waals surface area (Å²) in [5.41, 5.74) is 1.26. The first-order valence-corrected chi connectivity index (χ1v) is 7.64. The summed E-state index contributed by atoms with van der Waals surface area (Å²) in [6.07, 6.45) is 6.12. The van der Waals surface area contributed by atoms with Gasteiger partial charge in [-0.05, 0) is 44.1 Å². The topological polar surface area (TPSA) is 39.1 Å². The summed E-state index contributed by atoms with van der Waals surface area (Å²) in [5, 5.41) is 8.15. The molecule has 2 saturated carbocycles. The molecule has 0 radical (unpaired) electrons. The lowest BCUT2D eigenvalue weighted by atomic mass is 10.0. The second-order valence-electron chi connectivity index (χ2n) is 5.79. The molecule has 0 aliphatic heterocycles. The van der Waals surface area contributed by atoms with E-state index in [1.807, 2.05) is 6.20 Å². The number of nitrogens with one attached hydrogen (secondary N) is 1. The Balaban J connectivity index is 1.89. The molecule has 106 valence electrons. The molecule has 2 aliphatic rings. The van der Waals surface area contributed by atoms with Crippen LogP contribution in [0.25, 0.3) is 0 Å². The predicted octanol–water partition coefficient (Wildman–Crippen LogP) is 2.61. The molecule has 0 spiro atoms. The highest BCUT2D eigenvalue weighted by molar-refractivity contribution is 5.31. The van der Waals surface area contributed by atoms with Crippen molar-refractivity contribution in [2.24, 2.45) is 17.8 Å². The Morgan fingerprint density at radius 1 is 1.42 bits per heavy atom.